The first-order valence-electron chi connectivity index (χ1n) is 5.89. The first-order chi connectivity index (χ1) is 7.15. The summed E-state index contributed by atoms with van der Waals surface area (Å²) in [6.07, 6.45) is 8.34. The minimum atomic E-state index is 1.20. The molecule has 0 spiro atoms. The lowest BCUT2D eigenvalue weighted by Gasteiger charge is -2.06. The van der Waals surface area contributed by atoms with Crippen LogP contribution in [0, 0.1) is 20.8 Å². The Morgan fingerprint density at radius 2 is 1.67 bits per heavy atom. The molecule has 0 saturated heterocycles. The number of aryl methyl sites for hydroxylation is 3. The van der Waals surface area contributed by atoms with Crippen molar-refractivity contribution in [3.05, 3.63) is 40.5 Å². The molecule has 0 aliphatic rings. The molecule has 0 heterocycles. The highest BCUT2D eigenvalue weighted by molar-refractivity contribution is 5.58. The van der Waals surface area contributed by atoms with Crippen molar-refractivity contribution in [3.8, 4) is 0 Å². The Morgan fingerprint density at radius 3 is 2.20 bits per heavy atom. The number of unbranched alkanes of at least 4 members (excludes halogenated alkanes) is 2. The van der Waals surface area contributed by atoms with Gasteiger partial charge in [0.25, 0.3) is 0 Å². The Morgan fingerprint density at radius 1 is 1.07 bits per heavy atom. The smallest absolute Gasteiger partial charge is 0.0201 e. The third-order valence-corrected chi connectivity index (χ3v) is 2.75. The predicted molar refractivity (Wildman–Crippen MR) is 69.2 cm³/mol. The maximum Gasteiger partial charge on any atom is -0.0201 e. The summed E-state index contributed by atoms with van der Waals surface area (Å²) in [5, 5.41) is 0. The number of benzene rings is 1. The lowest BCUT2D eigenvalue weighted by Crippen LogP contribution is -1.88. The minimum absolute atomic E-state index is 1.20. The zero-order valence-electron chi connectivity index (χ0n) is 10.4. The van der Waals surface area contributed by atoms with Crippen LogP contribution in [0.2, 0.25) is 0 Å². The lowest BCUT2D eigenvalue weighted by atomic mass is 9.99. The van der Waals surface area contributed by atoms with Gasteiger partial charge in [0.05, 0.1) is 0 Å². The zero-order chi connectivity index (χ0) is 11.3. The van der Waals surface area contributed by atoms with Gasteiger partial charge in [-0.2, -0.15) is 0 Å². The Hall–Kier alpha value is -1.04. The van der Waals surface area contributed by atoms with Crippen molar-refractivity contribution in [1.82, 2.24) is 0 Å². The number of hydrogen-bond donors (Lipinski definition) is 0. The molecule has 0 heteroatoms. The van der Waals surface area contributed by atoms with Gasteiger partial charge < -0.3 is 0 Å². The molecule has 0 saturated carbocycles. The van der Waals surface area contributed by atoms with E-state index in [1.807, 2.05) is 0 Å². The third kappa shape index (κ3) is 3.54. The largest absolute Gasteiger partial charge is 0.0839 e. The molecule has 0 bridgehead atoms. The van der Waals surface area contributed by atoms with E-state index in [1.54, 1.807) is 0 Å². The van der Waals surface area contributed by atoms with E-state index in [1.165, 1.54) is 41.5 Å². The second kappa shape index (κ2) is 5.75. The van der Waals surface area contributed by atoms with Gasteiger partial charge in [0.15, 0.2) is 0 Å². The summed E-state index contributed by atoms with van der Waals surface area (Å²) in [5.74, 6) is 0. The van der Waals surface area contributed by atoms with E-state index >= 15 is 0 Å². The van der Waals surface area contributed by atoms with Gasteiger partial charge in [0.1, 0.15) is 0 Å². The summed E-state index contributed by atoms with van der Waals surface area (Å²) in [6, 6.07) is 4.51. The van der Waals surface area contributed by atoms with Gasteiger partial charge >= 0.3 is 0 Å². The van der Waals surface area contributed by atoms with E-state index in [4.69, 9.17) is 0 Å². The minimum Gasteiger partial charge on any atom is -0.0839 e. The summed E-state index contributed by atoms with van der Waals surface area (Å²) < 4.78 is 0. The number of allylic oxidation sites excluding steroid dienone is 1. The van der Waals surface area contributed by atoms with Crippen molar-refractivity contribution < 1.29 is 0 Å². The van der Waals surface area contributed by atoms with Crippen molar-refractivity contribution in [2.24, 2.45) is 0 Å². The molecule has 1 aromatic rings. The maximum atomic E-state index is 2.30. The third-order valence-electron chi connectivity index (χ3n) is 2.75. The van der Waals surface area contributed by atoms with Gasteiger partial charge in [-0.15, -0.1) is 0 Å². The van der Waals surface area contributed by atoms with E-state index in [-0.39, 0.29) is 0 Å². The molecule has 0 nitrogen and oxygen atoms in total. The van der Waals surface area contributed by atoms with E-state index in [9.17, 15) is 0 Å². The van der Waals surface area contributed by atoms with Crippen molar-refractivity contribution >= 4 is 6.08 Å². The Balaban J connectivity index is 2.80. The van der Waals surface area contributed by atoms with Crippen molar-refractivity contribution in [1.29, 1.82) is 0 Å². The lowest BCUT2D eigenvalue weighted by molar-refractivity contribution is 0.816. The Bertz CT molecular complexity index is 322. The molecule has 0 unspecified atom stereocenters. The van der Waals surface area contributed by atoms with Crippen molar-refractivity contribution in [2.75, 3.05) is 0 Å². The summed E-state index contributed by atoms with van der Waals surface area (Å²) >= 11 is 0. The van der Waals surface area contributed by atoms with Gasteiger partial charge in [-0.05, 0) is 43.9 Å². The molecule has 0 radical (unpaired) electrons. The number of rotatable bonds is 4. The fraction of sp³-hybridized carbons (Fsp3) is 0.467. The van der Waals surface area contributed by atoms with Gasteiger partial charge in [0.2, 0.25) is 0 Å². The van der Waals surface area contributed by atoms with E-state index < -0.39 is 0 Å². The summed E-state index contributed by atoms with van der Waals surface area (Å²) in [4.78, 5) is 0. The monoisotopic (exact) mass is 202 g/mol. The molecule has 0 N–H and O–H groups in total. The molecule has 82 valence electrons. The molecular weight excluding hydrogens is 180 g/mol. The van der Waals surface area contributed by atoms with Crippen LogP contribution in [0.5, 0.6) is 0 Å². The van der Waals surface area contributed by atoms with Gasteiger partial charge in [-0.3, -0.25) is 0 Å². The second-order valence-electron chi connectivity index (χ2n) is 4.36. The van der Waals surface area contributed by atoms with Crippen LogP contribution in [0.4, 0.5) is 0 Å². The highest BCUT2D eigenvalue weighted by atomic mass is 14.0. The fourth-order valence-electron chi connectivity index (χ4n) is 1.98. The van der Waals surface area contributed by atoms with Gasteiger partial charge in [0, 0.05) is 0 Å². The van der Waals surface area contributed by atoms with Crippen molar-refractivity contribution in [2.45, 2.75) is 47.0 Å². The standard InChI is InChI=1S/C15H22/c1-5-6-7-8-9-15-13(3)10-12(2)11-14(15)4/h8-11H,5-7H2,1-4H3/b9-8+. The maximum absolute atomic E-state index is 2.30. The molecule has 15 heavy (non-hydrogen) atoms. The quantitative estimate of drug-likeness (QED) is 0.614. The van der Waals surface area contributed by atoms with Crippen LogP contribution in [0.15, 0.2) is 18.2 Å². The highest BCUT2D eigenvalue weighted by Gasteiger charge is 1.99. The molecule has 0 aliphatic carbocycles. The summed E-state index contributed by atoms with van der Waals surface area (Å²) in [6.45, 7) is 8.78. The van der Waals surface area contributed by atoms with Crippen LogP contribution in [0.3, 0.4) is 0 Å². The summed E-state index contributed by atoms with van der Waals surface area (Å²) in [7, 11) is 0. The van der Waals surface area contributed by atoms with Crippen LogP contribution < -0.4 is 0 Å². The molecule has 1 aromatic carbocycles. The topological polar surface area (TPSA) is 0 Å². The van der Waals surface area contributed by atoms with E-state index in [0.29, 0.717) is 0 Å². The fourth-order valence-corrected chi connectivity index (χ4v) is 1.98. The van der Waals surface area contributed by atoms with Crippen LogP contribution >= 0.6 is 0 Å². The van der Waals surface area contributed by atoms with Crippen LogP contribution in [-0.2, 0) is 0 Å². The number of hydrogen-bond acceptors (Lipinski definition) is 0. The SMILES string of the molecule is CCCC/C=C/c1c(C)cc(C)cc1C. The van der Waals surface area contributed by atoms with Crippen molar-refractivity contribution in [3.63, 3.8) is 0 Å². The molecule has 0 aromatic heterocycles. The second-order valence-corrected chi connectivity index (χ2v) is 4.36. The van der Waals surface area contributed by atoms with Crippen LogP contribution in [-0.4, -0.2) is 0 Å². The van der Waals surface area contributed by atoms with E-state index in [0.717, 1.165) is 0 Å². The van der Waals surface area contributed by atoms with Crippen LogP contribution in [0.25, 0.3) is 6.08 Å². The average Bonchev–Trinajstić information content (AvgIpc) is 2.15. The molecule has 0 aliphatic heterocycles. The van der Waals surface area contributed by atoms with Gasteiger partial charge in [-0.1, -0.05) is 49.6 Å². The molecule has 1 rings (SSSR count). The highest BCUT2D eigenvalue weighted by Crippen LogP contribution is 2.18. The Kier molecular flexibility index (Phi) is 4.61. The zero-order valence-corrected chi connectivity index (χ0v) is 10.4. The molecule has 0 amide bonds. The van der Waals surface area contributed by atoms with E-state index in [2.05, 4.69) is 52.0 Å². The first kappa shape index (κ1) is 12.0. The molecule has 0 fully saturated rings. The molecular formula is C15H22. The first-order valence-corrected chi connectivity index (χ1v) is 5.89. The normalized spacial score (nSPS) is 11.2. The van der Waals surface area contributed by atoms with Gasteiger partial charge in [-0.25, -0.2) is 0 Å². The predicted octanol–water partition coefficient (Wildman–Crippen LogP) is 4.82. The Labute approximate surface area is 94.0 Å². The average molecular weight is 202 g/mol. The molecule has 0 atom stereocenters. The van der Waals surface area contributed by atoms with Crippen LogP contribution in [0.1, 0.15) is 48.4 Å². The summed E-state index contributed by atoms with van der Waals surface area (Å²) in [5.41, 5.74) is 5.54.